The van der Waals surface area contributed by atoms with Gasteiger partial charge in [0.05, 0.1) is 0 Å². The van der Waals surface area contributed by atoms with E-state index < -0.39 is 5.82 Å². The minimum absolute atomic E-state index is 0.202. The predicted octanol–water partition coefficient (Wildman–Crippen LogP) is 1.53. The first-order chi connectivity index (χ1) is 5.15. The summed E-state index contributed by atoms with van der Waals surface area (Å²) in [6, 6.07) is 2.58. The molecule has 1 aromatic rings. The largest absolute Gasteiger partial charge is 0.398 e. The molecular weight excluding hydrogens is 145 g/mol. The summed E-state index contributed by atoms with van der Waals surface area (Å²) < 4.78 is 12.7. The number of aryl methyl sites for hydroxylation is 1. The van der Waals surface area contributed by atoms with Crippen molar-refractivity contribution in [2.75, 3.05) is 5.73 Å². The zero-order chi connectivity index (χ0) is 8.43. The van der Waals surface area contributed by atoms with Crippen LogP contribution < -0.4 is 5.73 Å². The Labute approximate surface area is 63.8 Å². The monoisotopic (exact) mass is 153 g/mol. The minimum atomic E-state index is -0.402. The van der Waals surface area contributed by atoms with Crippen LogP contribution >= 0.6 is 0 Å². The lowest BCUT2D eigenvalue weighted by atomic mass is 10.1. The average Bonchev–Trinajstić information content (AvgIpc) is 1.97. The number of hydrogen-bond acceptors (Lipinski definition) is 2. The van der Waals surface area contributed by atoms with E-state index in [4.69, 9.17) is 5.73 Å². The standard InChI is InChI=1S/C8H8FNO/c1-5-2-8(10)6(4-11)3-7(5)9/h2-4H,10H2,1H3. The molecule has 0 bridgehead atoms. The molecule has 58 valence electrons. The molecule has 0 heterocycles. The lowest BCUT2D eigenvalue weighted by Gasteiger charge is -2.00. The fourth-order valence-electron chi connectivity index (χ4n) is 0.821. The van der Waals surface area contributed by atoms with E-state index in [0.717, 1.165) is 6.07 Å². The summed E-state index contributed by atoms with van der Waals surface area (Å²) in [6.07, 6.45) is 0.540. The highest BCUT2D eigenvalue weighted by atomic mass is 19.1. The molecule has 1 aromatic carbocycles. The summed E-state index contributed by atoms with van der Waals surface area (Å²) >= 11 is 0. The van der Waals surface area contributed by atoms with E-state index in [0.29, 0.717) is 17.5 Å². The molecule has 0 atom stereocenters. The summed E-state index contributed by atoms with van der Waals surface area (Å²) in [5, 5.41) is 0. The molecule has 2 N–H and O–H groups in total. The molecule has 0 spiro atoms. The van der Waals surface area contributed by atoms with E-state index in [2.05, 4.69) is 0 Å². The molecule has 1 rings (SSSR count). The molecule has 0 saturated carbocycles. The Kier molecular flexibility index (Phi) is 1.89. The van der Waals surface area contributed by atoms with Crippen molar-refractivity contribution >= 4 is 12.0 Å². The first-order valence-electron chi connectivity index (χ1n) is 3.16. The van der Waals surface area contributed by atoms with Gasteiger partial charge in [-0.1, -0.05) is 0 Å². The number of rotatable bonds is 1. The van der Waals surface area contributed by atoms with Gasteiger partial charge in [-0.15, -0.1) is 0 Å². The fourth-order valence-corrected chi connectivity index (χ4v) is 0.821. The van der Waals surface area contributed by atoms with Crippen LogP contribution in [0.3, 0.4) is 0 Å². The number of nitrogens with two attached hydrogens (primary N) is 1. The second kappa shape index (κ2) is 2.70. The maximum absolute atomic E-state index is 12.7. The highest BCUT2D eigenvalue weighted by Gasteiger charge is 2.02. The molecule has 0 fully saturated rings. The number of anilines is 1. The molecule has 0 unspecified atom stereocenters. The van der Waals surface area contributed by atoms with Crippen LogP contribution in [0.1, 0.15) is 15.9 Å². The highest BCUT2D eigenvalue weighted by Crippen LogP contribution is 2.15. The number of aldehydes is 1. The third-order valence-electron chi connectivity index (χ3n) is 1.49. The van der Waals surface area contributed by atoms with Crippen molar-refractivity contribution in [3.63, 3.8) is 0 Å². The van der Waals surface area contributed by atoms with Crippen molar-refractivity contribution in [2.24, 2.45) is 0 Å². The second-order valence-electron chi connectivity index (χ2n) is 2.35. The number of benzene rings is 1. The summed E-state index contributed by atoms with van der Waals surface area (Å²) in [7, 11) is 0. The third kappa shape index (κ3) is 1.37. The van der Waals surface area contributed by atoms with Crippen molar-refractivity contribution in [3.8, 4) is 0 Å². The van der Waals surface area contributed by atoms with Gasteiger partial charge >= 0.3 is 0 Å². The SMILES string of the molecule is Cc1cc(N)c(C=O)cc1F. The van der Waals surface area contributed by atoms with Crippen LogP contribution in [0.5, 0.6) is 0 Å². The molecule has 3 heteroatoms. The van der Waals surface area contributed by atoms with E-state index in [1.165, 1.54) is 6.07 Å². The van der Waals surface area contributed by atoms with E-state index in [-0.39, 0.29) is 5.56 Å². The van der Waals surface area contributed by atoms with Crippen LogP contribution in [0.15, 0.2) is 12.1 Å². The van der Waals surface area contributed by atoms with Gasteiger partial charge in [0.15, 0.2) is 6.29 Å². The molecule has 0 saturated heterocycles. The van der Waals surface area contributed by atoms with Crippen LogP contribution in [0.4, 0.5) is 10.1 Å². The molecule has 0 amide bonds. The van der Waals surface area contributed by atoms with Crippen molar-refractivity contribution < 1.29 is 9.18 Å². The Balaban J connectivity index is 3.31. The predicted molar refractivity (Wildman–Crippen MR) is 40.9 cm³/mol. The van der Waals surface area contributed by atoms with Gasteiger partial charge in [-0.25, -0.2) is 4.39 Å². The second-order valence-corrected chi connectivity index (χ2v) is 2.35. The van der Waals surface area contributed by atoms with Gasteiger partial charge < -0.3 is 5.73 Å². The third-order valence-corrected chi connectivity index (χ3v) is 1.49. The smallest absolute Gasteiger partial charge is 0.152 e. The molecule has 0 aromatic heterocycles. The molecule has 0 aliphatic rings. The molecule has 0 aliphatic carbocycles. The maximum Gasteiger partial charge on any atom is 0.152 e. The quantitative estimate of drug-likeness (QED) is 0.491. The minimum Gasteiger partial charge on any atom is -0.398 e. The van der Waals surface area contributed by atoms with Crippen molar-refractivity contribution in [3.05, 3.63) is 29.1 Å². The summed E-state index contributed by atoms with van der Waals surface area (Å²) in [4.78, 5) is 10.2. The average molecular weight is 153 g/mol. The van der Waals surface area contributed by atoms with Crippen molar-refractivity contribution in [2.45, 2.75) is 6.92 Å². The van der Waals surface area contributed by atoms with Gasteiger partial charge in [-0.2, -0.15) is 0 Å². The summed E-state index contributed by atoms with van der Waals surface area (Å²) in [5.74, 6) is -0.402. The first kappa shape index (κ1) is 7.72. The van der Waals surface area contributed by atoms with Gasteiger partial charge in [0, 0.05) is 11.3 Å². The van der Waals surface area contributed by atoms with Crippen LogP contribution in [0, 0.1) is 12.7 Å². The van der Waals surface area contributed by atoms with Gasteiger partial charge in [-0.3, -0.25) is 4.79 Å². The summed E-state index contributed by atoms with van der Waals surface area (Å²) in [5.41, 5.74) is 6.38. The zero-order valence-electron chi connectivity index (χ0n) is 6.10. The molecule has 0 aliphatic heterocycles. The fraction of sp³-hybridized carbons (Fsp3) is 0.125. The number of halogens is 1. The Morgan fingerprint density at radius 1 is 1.55 bits per heavy atom. The van der Waals surface area contributed by atoms with Crippen molar-refractivity contribution in [1.29, 1.82) is 0 Å². The number of carbonyl (C=O) groups excluding carboxylic acids is 1. The lowest BCUT2D eigenvalue weighted by Crippen LogP contribution is -1.95. The van der Waals surface area contributed by atoms with Crippen LogP contribution in [0.2, 0.25) is 0 Å². The molecule has 11 heavy (non-hydrogen) atoms. The summed E-state index contributed by atoms with van der Waals surface area (Å²) in [6.45, 7) is 1.60. The maximum atomic E-state index is 12.7. The Morgan fingerprint density at radius 2 is 2.18 bits per heavy atom. The Bertz CT molecular complexity index is 296. The lowest BCUT2D eigenvalue weighted by molar-refractivity contribution is 0.112. The van der Waals surface area contributed by atoms with Crippen LogP contribution in [-0.2, 0) is 0 Å². The number of nitrogen functional groups attached to an aromatic ring is 1. The van der Waals surface area contributed by atoms with Crippen molar-refractivity contribution in [1.82, 2.24) is 0 Å². The normalized spacial score (nSPS) is 9.64. The van der Waals surface area contributed by atoms with Gasteiger partial charge in [-0.05, 0) is 24.6 Å². The molecule has 2 nitrogen and oxygen atoms in total. The van der Waals surface area contributed by atoms with E-state index >= 15 is 0 Å². The van der Waals surface area contributed by atoms with E-state index in [1.807, 2.05) is 0 Å². The Hall–Kier alpha value is -1.38. The first-order valence-corrected chi connectivity index (χ1v) is 3.16. The number of carbonyl (C=O) groups is 1. The van der Waals surface area contributed by atoms with Crippen LogP contribution in [-0.4, -0.2) is 6.29 Å². The van der Waals surface area contributed by atoms with Gasteiger partial charge in [0.1, 0.15) is 5.82 Å². The zero-order valence-corrected chi connectivity index (χ0v) is 6.10. The molecule has 0 radical (unpaired) electrons. The Morgan fingerprint density at radius 3 is 2.73 bits per heavy atom. The van der Waals surface area contributed by atoms with E-state index in [9.17, 15) is 9.18 Å². The van der Waals surface area contributed by atoms with Crippen LogP contribution in [0.25, 0.3) is 0 Å². The van der Waals surface area contributed by atoms with Gasteiger partial charge in [0.25, 0.3) is 0 Å². The topological polar surface area (TPSA) is 43.1 Å². The number of hydrogen-bond donors (Lipinski definition) is 1. The van der Waals surface area contributed by atoms with Gasteiger partial charge in [0.2, 0.25) is 0 Å². The van der Waals surface area contributed by atoms with E-state index in [1.54, 1.807) is 6.92 Å². The highest BCUT2D eigenvalue weighted by molar-refractivity contribution is 5.83. The molecular formula is C8H8FNO.